The van der Waals surface area contributed by atoms with E-state index in [1.54, 1.807) is 6.07 Å². The number of fused-ring (bicyclic) bond motifs is 1. The average Bonchev–Trinajstić information content (AvgIpc) is 2.69. The van der Waals surface area contributed by atoms with Crippen molar-refractivity contribution in [1.29, 1.82) is 0 Å². The number of benzene rings is 1. The minimum absolute atomic E-state index is 0.204. The zero-order valence-corrected chi connectivity index (χ0v) is 15.0. The van der Waals surface area contributed by atoms with Crippen molar-refractivity contribution in [2.45, 2.75) is 51.0 Å². The standard InChI is InChI=1S/C20H25FN4O/c21-17-8-4-7-16-18(17)22-13-23-19(16)25-11-9-15(10-12-25)24-20(26)14-5-2-1-3-6-14/h4,7-8,13-15H,1-3,5-6,9-12H2,(H,24,26). The van der Waals surface area contributed by atoms with Gasteiger partial charge in [-0.05, 0) is 37.8 Å². The molecule has 26 heavy (non-hydrogen) atoms. The Bertz CT molecular complexity index is 782. The average molecular weight is 356 g/mol. The third kappa shape index (κ3) is 3.50. The van der Waals surface area contributed by atoms with Crippen LogP contribution in [0.5, 0.6) is 0 Å². The fourth-order valence-electron chi connectivity index (χ4n) is 4.21. The second-order valence-corrected chi connectivity index (χ2v) is 7.44. The molecule has 0 unspecified atom stereocenters. The highest BCUT2D eigenvalue weighted by molar-refractivity contribution is 5.89. The van der Waals surface area contributed by atoms with Crippen LogP contribution in [0, 0.1) is 11.7 Å². The molecule has 1 aromatic heterocycles. The molecule has 138 valence electrons. The molecule has 5 nitrogen and oxygen atoms in total. The van der Waals surface area contributed by atoms with Crippen molar-refractivity contribution in [3.05, 3.63) is 30.3 Å². The quantitative estimate of drug-likeness (QED) is 0.915. The van der Waals surface area contributed by atoms with Gasteiger partial charge in [-0.15, -0.1) is 0 Å². The van der Waals surface area contributed by atoms with Gasteiger partial charge in [-0.1, -0.05) is 25.3 Å². The maximum absolute atomic E-state index is 14.0. The number of rotatable bonds is 3. The Morgan fingerprint density at radius 3 is 2.62 bits per heavy atom. The van der Waals surface area contributed by atoms with E-state index in [9.17, 15) is 9.18 Å². The molecule has 0 radical (unpaired) electrons. The Balaban J connectivity index is 1.39. The van der Waals surface area contributed by atoms with Crippen molar-refractivity contribution < 1.29 is 9.18 Å². The van der Waals surface area contributed by atoms with Crippen molar-refractivity contribution in [3.63, 3.8) is 0 Å². The highest BCUT2D eigenvalue weighted by Crippen LogP contribution is 2.28. The molecule has 1 aromatic carbocycles. The Morgan fingerprint density at radius 2 is 1.85 bits per heavy atom. The number of para-hydroxylation sites is 1. The maximum Gasteiger partial charge on any atom is 0.223 e. The molecule has 2 aliphatic rings. The zero-order valence-electron chi connectivity index (χ0n) is 15.0. The van der Waals surface area contributed by atoms with E-state index in [1.165, 1.54) is 31.7 Å². The lowest BCUT2D eigenvalue weighted by molar-refractivity contribution is -0.126. The van der Waals surface area contributed by atoms with Gasteiger partial charge in [-0.3, -0.25) is 4.79 Å². The van der Waals surface area contributed by atoms with Gasteiger partial charge < -0.3 is 10.2 Å². The number of nitrogens with zero attached hydrogens (tertiary/aromatic N) is 3. The molecule has 2 fully saturated rings. The maximum atomic E-state index is 14.0. The molecular formula is C20H25FN4O. The number of piperidine rings is 1. The SMILES string of the molecule is O=C(NC1CCN(c2ncnc3c(F)cccc23)CC1)C1CCCCC1. The molecular weight excluding hydrogens is 331 g/mol. The molecule has 4 rings (SSSR count). The predicted molar refractivity (Wildman–Crippen MR) is 99.4 cm³/mol. The van der Waals surface area contributed by atoms with Crippen molar-refractivity contribution in [2.24, 2.45) is 5.92 Å². The molecule has 2 aromatic rings. The number of carbonyl (C=O) groups excluding carboxylic acids is 1. The molecule has 0 spiro atoms. The van der Waals surface area contributed by atoms with E-state index >= 15 is 0 Å². The zero-order chi connectivity index (χ0) is 17.9. The van der Waals surface area contributed by atoms with Crippen LogP contribution in [0.15, 0.2) is 24.5 Å². The number of halogens is 1. The van der Waals surface area contributed by atoms with Crippen LogP contribution in [-0.2, 0) is 4.79 Å². The minimum atomic E-state index is -0.319. The smallest absolute Gasteiger partial charge is 0.223 e. The van der Waals surface area contributed by atoms with Gasteiger partial charge in [0.15, 0.2) is 0 Å². The number of amides is 1. The van der Waals surface area contributed by atoms with Crippen LogP contribution < -0.4 is 10.2 Å². The summed E-state index contributed by atoms with van der Waals surface area (Å²) in [5.74, 6) is 0.903. The molecule has 1 N–H and O–H groups in total. The third-order valence-corrected chi connectivity index (χ3v) is 5.71. The molecule has 6 heteroatoms. The normalized spacial score (nSPS) is 19.7. The summed E-state index contributed by atoms with van der Waals surface area (Å²) in [6, 6.07) is 5.21. The van der Waals surface area contributed by atoms with E-state index in [0.29, 0.717) is 5.52 Å². The largest absolute Gasteiger partial charge is 0.356 e. The fourth-order valence-corrected chi connectivity index (χ4v) is 4.21. The summed E-state index contributed by atoms with van der Waals surface area (Å²) in [6.07, 6.45) is 8.87. The summed E-state index contributed by atoms with van der Waals surface area (Å²) >= 11 is 0. The molecule has 1 saturated heterocycles. The molecule has 1 amide bonds. The monoisotopic (exact) mass is 356 g/mol. The Kier molecular flexibility index (Phi) is 5.00. The first-order chi connectivity index (χ1) is 12.7. The van der Waals surface area contributed by atoms with Crippen molar-refractivity contribution in [3.8, 4) is 0 Å². The van der Waals surface area contributed by atoms with Crippen LogP contribution in [0.1, 0.15) is 44.9 Å². The van der Waals surface area contributed by atoms with E-state index in [2.05, 4.69) is 20.2 Å². The van der Waals surface area contributed by atoms with Crippen molar-refractivity contribution >= 4 is 22.6 Å². The van der Waals surface area contributed by atoms with Crippen molar-refractivity contribution in [1.82, 2.24) is 15.3 Å². The van der Waals surface area contributed by atoms with E-state index in [-0.39, 0.29) is 23.7 Å². The van der Waals surface area contributed by atoms with Crippen LogP contribution in [0.4, 0.5) is 10.2 Å². The van der Waals surface area contributed by atoms with Crippen LogP contribution in [0.3, 0.4) is 0 Å². The number of hydrogen-bond acceptors (Lipinski definition) is 4. The molecule has 0 bridgehead atoms. The fraction of sp³-hybridized carbons (Fsp3) is 0.550. The highest BCUT2D eigenvalue weighted by Gasteiger charge is 2.26. The number of nitrogens with one attached hydrogen (secondary N) is 1. The van der Waals surface area contributed by atoms with Crippen LogP contribution in [0.2, 0.25) is 0 Å². The Hall–Kier alpha value is -2.24. The van der Waals surface area contributed by atoms with E-state index in [1.807, 2.05) is 6.07 Å². The summed E-state index contributed by atoms with van der Waals surface area (Å²) in [4.78, 5) is 23.1. The van der Waals surface area contributed by atoms with E-state index in [4.69, 9.17) is 0 Å². The van der Waals surface area contributed by atoms with Crippen molar-refractivity contribution in [2.75, 3.05) is 18.0 Å². The van der Waals surface area contributed by atoms with Gasteiger partial charge in [0.05, 0.1) is 0 Å². The number of carbonyl (C=O) groups is 1. The molecule has 0 atom stereocenters. The third-order valence-electron chi connectivity index (χ3n) is 5.71. The van der Waals surface area contributed by atoms with Gasteiger partial charge >= 0.3 is 0 Å². The topological polar surface area (TPSA) is 58.1 Å². The van der Waals surface area contributed by atoms with Gasteiger partial charge in [0, 0.05) is 30.4 Å². The summed E-state index contributed by atoms with van der Waals surface area (Å²) in [5, 5.41) is 4.00. The summed E-state index contributed by atoms with van der Waals surface area (Å²) in [6.45, 7) is 1.61. The van der Waals surface area contributed by atoms with Gasteiger partial charge in [0.2, 0.25) is 5.91 Å². The van der Waals surface area contributed by atoms with Crippen LogP contribution in [0.25, 0.3) is 10.9 Å². The lowest BCUT2D eigenvalue weighted by Crippen LogP contribution is -2.46. The lowest BCUT2D eigenvalue weighted by atomic mass is 9.88. The summed E-state index contributed by atoms with van der Waals surface area (Å²) in [7, 11) is 0. The van der Waals surface area contributed by atoms with Gasteiger partial charge in [0.1, 0.15) is 23.5 Å². The number of hydrogen-bond donors (Lipinski definition) is 1. The first-order valence-corrected chi connectivity index (χ1v) is 9.67. The van der Waals surface area contributed by atoms with E-state index < -0.39 is 0 Å². The first kappa shape index (κ1) is 17.2. The van der Waals surface area contributed by atoms with Gasteiger partial charge in [-0.2, -0.15) is 0 Å². The van der Waals surface area contributed by atoms with Crippen LogP contribution in [-0.4, -0.2) is 35.0 Å². The highest BCUT2D eigenvalue weighted by atomic mass is 19.1. The first-order valence-electron chi connectivity index (χ1n) is 9.67. The minimum Gasteiger partial charge on any atom is -0.356 e. The molecule has 1 aliphatic carbocycles. The summed E-state index contributed by atoms with van der Waals surface area (Å²) in [5.41, 5.74) is 0.366. The van der Waals surface area contributed by atoms with Gasteiger partial charge in [0.25, 0.3) is 0 Å². The molecule has 1 aliphatic heterocycles. The second-order valence-electron chi connectivity index (χ2n) is 7.44. The number of anilines is 1. The number of aromatic nitrogens is 2. The van der Waals surface area contributed by atoms with Crippen LogP contribution >= 0.6 is 0 Å². The second kappa shape index (κ2) is 7.56. The lowest BCUT2D eigenvalue weighted by Gasteiger charge is -2.34. The summed E-state index contributed by atoms with van der Waals surface area (Å²) < 4.78 is 14.0. The van der Waals surface area contributed by atoms with Gasteiger partial charge in [-0.25, -0.2) is 14.4 Å². The predicted octanol–water partition coefficient (Wildman–Crippen LogP) is 3.43. The Labute approximate surface area is 153 Å². The Morgan fingerprint density at radius 1 is 1.08 bits per heavy atom. The van der Waals surface area contributed by atoms with E-state index in [0.717, 1.165) is 50.0 Å². The molecule has 1 saturated carbocycles. The molecule has 2 heterocycles.